The molecule has 94 valence electrons. The van der Waals surface area contributed by atoms with Gasteiger partial charge in [0.15, 0.2) is 0 Å². The van der Waals surface area contributed by atoms with Crippen molar-refractivity contribution in [3.63, 3.8) is 0 Å². The predicted octanol–water partition coefficient (Wildman–Crippen LogP) is 3.70. The second-order valence-electron chi connectivity index (χ2n) is 4.11. The van der Waals surface area contributed by atoms with Crippen LogP contribution in [-0.4, -0.2) is 15.8 Å². The van der Waals surface area contributed by atoms with Crippen molar-refractivity contribution in [1.29, 1.82) is 0 Å². The van der Waals surface area contributed by atoms with Gasteiger partial charge in [0, 0.05) is 23.0 Å². The lowest BCUT2D eigenvalue weighted by Gasteiger charge is -2.07. The van der Waals surface area contributed by atoms with E-state index in [9.17, 15) is 0 Å². The summed E-state index contributed by atoms with van der Waals surface area (Å²) in [5.74, 6) is 1.30. The molecular weight excluding hydrogens is 246 g/mol. The molecule has 0 fully saturated rings. The van der Waals surface area contributed by atoms with Crippen LogP contribution in [0.15, 0.2) is 36.4 Å². The van der Waals surface area contributed by atoms with Crippen molar-refractivity contribution in [3.05, 3.63) is 47.8 Å². The maximum absolute atomic E-state index is 5.70. The van der Waals surface area contributed by atoms with Crippen LogP contribution in [0.25, 0.3) is 0 Å². The number of hydrogen-bond acceptors (Lipinski definition) is 3. The standard InChI is InChI=1S/C14H16ClN3/c1-11-10-13(8-5-9-15)18-14(16-11)17-12-6-3-2-4-7-12/h2-4,6-7,10H,5,8-9H2,1H3,(H,16,17,18). The largest absolute Gasteiger partial charge is 0.324 e. The summed E-state index contributed by atoms with van der Waals surface area (Å²) in [5.41, 5.74) is 2.99. The first-order valence-corrected chi connectivity index (χ1v) is 6.54. The van der Waals surface area contributed by atoms with Crippen molar-refractivity contribution in [2.75, 3.05) is 11.2 Å². The molecule has 2 rings (SSSR count). The van der Waals surface area contributed by atoms with Crippen molar-refractivity contribution >= 4 is 23.2 Å². The molecule has 18 heavy (non-hydrogen) atoms. The predicted molar refractivity (Wildman–Crippen MR) is 75.5 cm³/mol. The highest BCUT2D eigenvalue weighted by atomic mass is 35.5. The Labute approximate surface area is 112 Å². The van der Waals surface area contributed by atoms with Crippen LogP contribution in [0.2, 0.25) is 0 Å². The average molecular weight is 262 g/mol. The highest BCUT2D eigenvalue weighted by Crippen LogP contribution is 2.13. The van der Waals surface area contributed by atoms with Gasteiger partial charge in [-0.05, 0) is 38.0 Å². The summed E-state index contributed by atoms with van der Waals surface area (Å²) < 4.78 is 0. The second kappa shape index (κ2) is 6.36. The molecule has 0 unspecified atom stereocenters. The van der Waals surface area contributed by atoms with Crippen LogP contribution in [0.1, 0.15) is 17.8 Å². The fourth-order valence-corrected chi connectivity index (χ4v) is 1.85. The molecule has 0 aliphatic heterocycles. The van der Waals surface area contributed by atoms with Crippen molar-refractivity contribution in [1.82, 2.24) is 9.97 Å². The summed E-state index contributed by atoms with van der Waals surface area (Å²) in [4.78, 5) is 8.87. The summed E-state index contributed by atoms with van der Waals surface area (Å²) in [6, 6.07) is 11.9. The molecule has 0 bridgehead atoms. The Morgan fingerprint density at radius 1 is 1.17 bits per heavy atom. The first kappa shape index (κ1) is 12.8. The fourth-order valence-electron chi connectivity index (χ4n) is 1.72. The Bertz CT molecular complexity index is 500. The van der Waals surface area contributed by atoms with Crippen LogP contribution in [-0.2, 0) is 6.42 Å². The van der Waals surface area contributed by atoms with Gasteiger partial charge in [-0.1, -0.05) is 18.2 Å². The molecule has 0 aliphatic rings. The van der Waals surface area contributed by atoms with Crippen molar-refractivity contribution in [2.45, 2.75) is 19.8 Å². The zero-order chi connectivity index (χ0) is 12.8. The van der Waals surface area contributed by atoms with E-state index >= 15 is 0 Å². The number of nitrogens with zero attached hydrogens (tertiary/aromatic N) is 2. The highest BCUT2D eigenvalue weighted by molar-refractivity contribution is 6.17. The topological polar surface area (TPSA) is 37.8 Å². The maximum atomic E-state index is 5.70. The van der Waals surface area contributed by atoms with Crippen molar-refractivity contribution < 1.29 is 0 Å². The smallest absolute Gasteiger partial charge is 0.227 e. The number of anilines is 2. The molecule has 0 atom stereocenters. The number of benzene rings is 1. The minimum atomic E-state index is 0.644. The quantitative estimate of drug-likeness (QED) is 0.834. The highest BCUT2D eigenvalue weighted by Gasteiger charge is 2.02. The molecule has 1 aromatic carbocycles. The minimum Gasteiger partial charge on any atom is -0.324 e. The van der Waals surface area contributed by atoms with Gasteiger partial charge in [0.25, 0.3) is 0 Å². The SMILES string of the molecule is Cc1cc(CCCCl)nc(Nc2ccccc2)n1. The van der Waals surface area contributed by atoms with Crippen LogP contribution in [0.4, 0.5) is 11.6 Å². The summed E-state index contributed by atoms with van der Waals surface area (Å²) in [7, 11) is 0. The minimum absolute atomic E-state index is 0.644. The molecule has 0 amide bonds. The lowest BCUT2D eigenvalue weighted by atomic mass is 10.2. The lowest BCUT2D eigenvalue weighted by Crippen LogP contribution is -2.02. The van der Waals surface area contributed by atoms with E-state index in [2.05, 4.69) is 15.3 Å². The van der Waals surface area contributed by atoms with Crippen molar-refractivity contribution in [3.8, 4) is 0 Å². The lowest BCUT2D eigenvalue weighted by molar-refractivity contribution is 0.874. The molecule has 0 radical (unpaired) electrons. The second-order valence-corrected chi connectivity index (χ2v) is 4.49. The molecule has 1 aromatic heterocycles. The van der Waals surface area contributed by atoms with E-state index in [1.165, 1.54) is 0 Å². The van der Waals surface area contributed by atoms with Crippen molar-refractivity contribution in [2.24, 2.45) is 0 Å². The van der Waals surface area contributed by atoms with Crippen LogP contribution in [0.5, 0.6) is 0 Å². The zero-order valence-electron chi connectivity index (χ0n) is 10.4. The first-order chi connectivity index (χ1) is 8.78. The van der Waals surface area contributed by atoms with E-state index in [0.717, 1.165) is 29.9 Å². The molecule has 2 aromatic rings. The molecular formula is C14H16ClN3. The molecule has 1 heterocycles. The Kier molecular flexibility index (Phi) is 4.53. The summed E-state index contributed by atoms with van der Waals surface area (Å²) in [5, 5.41) is 3.21. The van der Waals surface area contributed by atoms with Crippen LogP contribution >= 0.6 is 11.6 Å². The average Bonchev–Trinajstić information content (AvgIpc) is 2.37. The summed E-state index contributed by atoms with van der Waals surface area (Å²) in [6.07, 6.45) is 1.82. The third-order valence-corrected chi connectivity index (χ3v) is 2.77. The van der Waals surface area contributed by atoms with Gasteiger partial charge >= 0.3 is 0 Å². The number of alkyl halides is 1. The van der Waals surface area contributed by atoms with Gasteiger partial charge in [0.2, 0.25) is 5.95 Å². The molecule has 0 saturated heterocycles. The molecule has 3 nitrogen and oxygen atoms in total. The van der Waals surface area contributed by atoms with Gasteiger partial charge in [-0.15, -0.1) is 11.6 Å². The Hall–Kier alpha value is -1.61. The number of para-hydroxylation sites is 1. The van der Waals surface area contributed by atoms with Gasteiger partial charge in [0.1, 0.15) is 0 Å². The third-order valence-electron chi connectivity index (χ3n) is 2.50. The van der Waals surface area contributed by atoms with Crippen LogP contribution in [0, 0.1) is 6.92 Å². The normalized spacial score (nSPS) is 10.3. The van der Waals surface area contributed by atoms with E-state index in [1.807, 2.05) is 43.3 Å². The third kappa shape index (κ3) is 3.70. The Morgan fingerprint density at radius 2 is 1.94 bits per heavy atom. The maximum Gasteiger partial charge on any atom is 0.227 e. The first-order valence-electron chi connectivity index (χ1n) is 6.00. The summed E-state index contributed by atoms with van der Waals surface area (Å²) >= 11 is 5.70. The van der Waals surface area contributed by atoms with E-state index in [-0.39, 0.29) is 0 Å². The van der Waals surface area contributed by atoms with E-state index in [4.69, 9.17) is 11.6 Å². The van der Waals surface area contributed by atoms with E-state index in [1.54, 1.807) is 0 Å². The number of aryl methyl sites for hydroxylation is 2. The number of aromatic nitrogens is 2. The molecule has 1 N–H and O–H groups in total. The summed E-state index contributed by atoms with van der Waals surface area (Å²) in [6.45, 7) is 1.97. The molecule has 0 saturated carbocycles. The molecule has 4 heteroatoms. The van der Waals surface area contributed by atoms with Crippen LogP contribution in [0.3, 0.4) is 0 Å². The van der Waals surface area contributed by atoms with Gasteiger partial charge < -0.3 is 5.32 Å². The Morgan fingerprint density at radius 3 is 2.67 bits per heavy atom. The number of hydrogen-bond donors (Lipinski definition) is 1. The molecule has 0 aliphatic carbocycles. The number of halogens is 1. The number of nitrogens with one attached hydrogen (secondary N) is 1. The monoisotopic (exact) mass is 261 g/mol. The van der Waals surface area contributed by atoms with Gasteiger partial charge in [-0.3, -0.25) is 0 Å². The Balaban J connectivity index is 2.15. The van der Waals surface area contributed by atoms with E-state index < -0.39 is 0 Å². The van der Waals surface area contributed by atoms with Gasteiger partial charge in [0.05, 0.1) is 0 Å². The fraction of sp³-hybridized carbons (Fsp3) is 0.286. The molecule has 0 spiro atoms. The van der Waals surface area contributed by atoms with Crippen LogP contribution < -0.4 is 5.32 Å². The van der Waals surface area contributed by atoms with Gasteiger partial charge in [-0.25, -0.2) is 9.97 Å². The van der Waals surface area contributed by atoms with E-state index in [0.29, 0.717) is 11.8 Å². The zero-order valence-corrected chi connectivity index (χ0v) is 11.1. The number of rotatable bonds is 5. The van der Waals surface area contributed by atoms with Gasteiger partial charge in [-0.2, -0.15) is 0 Å².